The number of hydrogen-bond donors (Lipinski definition) is 3. The third-order valence-electron chi connectivity index (χ3n) is 4.29. The number of furan rings is 1. The number of benzene rings is 1. The maximum Gasteiger partial charge on any atom is 0.287 e. The summed E-state index contributed by atoms with van der Waals surface area (Å²) in [4.78, 5) is 30.4. The highest BCUT2D eigenvalue weighted by Crippen LogP contribution is 2.20. The van der Waals surface area contributed by atoms with Crippen LogP contribution in [0.25, 0.3) is 0 Å². The van der Waals surface area contributed by atoms with Crippen molar-refractivity contribution in [1.29, 1.82) is 0 Å². The molecule has 1 aromatic carbocycles. The predicted molar refractivity (Wildman–Crippen MR) is 123 cm³/mol. The van der Waals surface area contributed by atoms with Crippen molar-refractivity contribution < 1.29 is 14.0 Å². The molecule has 0 aliphatic carbocycles. The molecule has 9 heteroatoms. The van der Waals surface area contributed by atoms with Gasteiger partial charge < -0.3 is 25.3 Å². The predicted octanol–water partition coefficient (Wildman–Crippen LogP) is 1.99. The van der Waals surface area contributed by atoms with Crippen LogP contribution < -0.4 is 20.9 Å². The minimum absolute atomic E-state index is 0. The molecule has 1 atom stereocenters. The van der Waals surface area contributed by atoms with Crippen molar-refractivity contribution >= 4 is 47.4 Å². The molecule has 1 aromatic heterocycles. The van der Waals surface area contributed by atoms with Crippen molar-refractivity contribution in [2.24, 2.45) is 4.99 Å². The average molecular weight is 511 g/mol. The van der Waals surface area contributed by atoms with Crippen molar-refractivity contribution in [3.8, 4) is 0 Å². The summed E-state index contributed by atoms with van der Waals surface area (Å²) in [5.74, 6) is 0.727. The quantitative estimate of drug-likeness (QED) is 0.229. The first-order chi connectivity index (χ1) is 13.7. The lowest BCUT2D eigenvalue weighted by molar-refractivity contribution is -0.117. The summed E-state index contributed by atoms with van der Waals surface area (Å²) in [6.45, 7) is 4.06. The second-order valence-corrected chi connectivity index (χ2v) is 6.38. The van der Waals surface area contributed by atoms with Gasteiger partial charge in [0.05, 0.1) is 18.8 Å². The van der Waals surface area contributed by atoms with Crippen LogP contribution in [0.15, 0.2) is 58.1 Å². The van der Waals surface area contributed by atoms with Crippen LogP contribution in [0.1, 0.15) is 23.9 Å². The van der Waals surface area contributed by atoms with Crippen molar-refractivity contribution in [2.75, 3.05) is 31.1 Å². The number of amides is 2. The van der Waals surface area contributed by atoms with Gasteiger partial charge in [0.15, 0.2) is 11.7 Å². The number of carbonyl (C=O) groups excluding carboxylic acids is 2. The van der Waals surface area contributed by atoms with Gasteiger partial charge in [0.25, 0.3) is 5.91 Å². The summed E-state index contributed by atoms with van der Waals surface area (Å²) < 4.78 is 5.05. The van der Waals surface area contributed by atoms with Crippen molar-refractivity contribution in [3.63, 3.8) is 0 Å². The van der Waals surface area contributed by atoms with E-state index >= 15 is 0 Å². The third-order valence-corrected chi connectivity index (χ3v) is 4.29. The summed E-state index contributed by atoms with van der Waals surface area (Å²) >= 11 is 0. The van der Waals surface area contributed by atoms with Crippen LogP contribution in [-0.4, -0.2) is 50.0 Å². The van der Waals surface area contributed by atoms with Gasteiger partial charge in [0.1, 0.15) is 0 Å². The highest BCUT2D eigenvalue weighted by Gasteiger charge is 2.31. The van der Waals surface area contributed by atoms with Crippen molar-refractivity contribution in [3.05, 3.63) is 54.5 Å². The molecule has 2 amide bonds. The van der Waals surface area contributed by atoms with Crippen LogP contribution in [0, 0.1) is 0 Å². The number of rotatable bonds is 7. The Morgan fingerprint density at radius 2 is 2.00 bits per heavy atom. The van der Waals surface area contributed by atoms with Crippen LogP contribution in [0.3, 0.4) is 0 Å². The molecule has 2 aromatic rings. The highest BCUT2D eigenvalue weighted by atomic mass is 127. The van der Waals surface area contributed by atoms with Crippen molar-refractivity contribution in [2.45, 2.75) is 19.4 Å². The topological polar surface area (TPSA) is 99.0 Å². The molecular weight excluding hydrogens is 485 g/mol. The standard InChI is InChI=1S/C20H25N5O3.HI/c1-2-21-20(23-11-10-22-19(27)17-9-6-12-28-17)24-15-13-18(26)25(14-15)16-7-4-3-5-8-16;/h3-9,12,15H,2,10-11,13-14H2,1H3,(H,22,27)(H2,21,23,24);1H. The van der Waals surface area contributed by atoms with E-state index in [4.69, 9.17) is 4.42 Å². The lowest BCUT2D eigenvalue weighted by Gasteiger charge is -2.19. The van der Waals surface area contributed by atoms with E-state index in [9.17, 15) is 9.59 Å². The van der Waals surface area contributed by atoms with Crippen LogP contribution in [0.5, 0.6) is 0 Å². The molecule has 1 unspecified atom stereocenters. The number of guanidine groups is 1. The van der Waals surface area contributed by atoms with E-state index in [1.807, 2.05) is 37.3 Å². The van der Waals surface area contributed by atoms with Gasteiger partial charge in [-0.2, -0.15) is 0 Å². The molecular formula is C20H26IN5O3. The van der Waals surface area contributed by atoms with Gasteiger partial charge in [-0.1, -0.05) is 18.2 Å². The lowest BCUT2D eigenvalue weighted by atomic mass is 10.2. The summed E-state index contributed by atoms with van der Waals surface area (Å²) in [6.07, 6.45) is 1.87. The Bertz CT molecular complexity index is 811. The molecule has 2 heterocycles. The largest absolute Gasteiger partial charge is 0.459 e. The number of nitrogens with zero attached hydrogens (tertiary/aromatic N) is 2. The van der Waals surface area contributed by atoms with E-state index in [1.54, 1.807) is 17.0 Å². The molecule has 0 bridgehead atoms. The Morgan fingerprint density at radius 1 is 1.21 bits per heavy atom. The lowest BCUT2D eigenvalue weighted by Crippen LogP contribution is -2.45. The van der Waals surface area contributed by atoms with Crippen LogP contribution >= 0.6 is 24.0 Å². The maximum absolute atomic E-state index is 12.3. The average Bonchev–Trinajstić information content (AvgIpc) is 3.36. The van der Waals surface area contributed by atoms with Crippen LogP contribution in [0.4, 0.5) is 5.69 Å². The molecule has 3 rings (SSSR count). The Hall–Kier alpha value is -2.56. The summed E-state index contributed by atoms with van der Waals surface area (Å²) in [5.41, 5.74) is 0.902. The monoisotopic (exact) mass is 511 g/mol. The highest BCUT2D eigenvalue weighted by molar-refractivity contribution is 14.0. The molecule has 1 aliphatic heterocycles. The number of anilines is 1. The minimum atomic E-state index is -0.266. The van der Waals surface area contributed by atoms with E-state index in [0.29, 0.717) is 38.6 Å². The fourth-order valence-electron chi connectivity index (χ4n) is 3.01. The third kappa shape index (κ3) is 6.48. The molecule has 8 nitrogen and oxygen atoms in total. The number of halogens is 1. The van der Waals surface area contributed by atoms with Gasteiger partial charge in [-0.25, -0.2) is 0 Å². The molecule has 0 radical (unpaired) electrons. The number of para-hydroxylation sites is 1. The van der Waals surface area contributed by atoms with E-state index in [-0.39, 0.29) is 47.6 Å². The van der Waals surface area contributed by atoms with Gasteiger partial charge in [-0.05, 0) is 31.2 Å². The zero-order valence-corrected chi connectivity index (χ0v) is 18.6. The molecule has 1 fully saturated rings. The molecule has 0 saturated carbocycles. The first kappa shape index (κ1) is 22.7. The second-order valence-electron chi connectivity index (χ2n) is 6.38. The minimum Gasteiger partial charge on any atom is -0.459 e. The van der Waals surface area contributed by atoms with Gasteiger partial charge >= 0.3 is 0 Å². The summed E-state index contributed by atoms with van der Waals surface area (Å²) in [5, 5.41) is 9.23. The van der Waals surface area contributed by atoms with Gasteiger partial charge in [0, 0.05) is 31.7 Å². The van der Waals surface area contributed by atoms with E-state index in [1.165, 1.54) is 6.26 Å². The fourth-order valence-corrected chi connectivity index (χ4v) is 3.01. The normalized spacial score (nSPS) is 16.3. The van der Waals surface area contributed by atoms with Crippen LogP contribution in [0.2, 0.25) is 0 Å². The van der Waals surface area contributed by atoms with Gasteiger partial charge in [-0.3, -0.25) is 14.6 Å². The van der Waals surface area contributed by atoms with Gasteiger partial charge in [-0.15, -0.1) is 24.0 Å². The van der Waals surface area contributed by atoms with Gasteiger partial charge in [0.2, 0.25) is 5.91 Å². The Morgan fingerprint density at radius 3 is 2.69 bits per heavy atom. The summed E-state index contributed by atoms with van der Waals surface area (Å²) in [7, 11) is 0. The zero-order valence-electron chi connectivity index (χ0n) is 16.3. The molecule has 0 spiro atoms. The van der Waals surface area contributed by atoms with E-state index in [0.717, 1.165) is 5.69 Å². The SMILES string of the molecule is CCNC(=NCCNC(=O)c1ccco1)NC1CC(=O)N(c2ccccc2)C1.I. The number of hydrogen-bond acceptors (Lipinski definition) is 4. The molecule has 156 valence electrons. The molecule has 1 aliphatic rings. The van der Waals surface area contributed by atoms with E-state index < -0.39 is 0 Å². The molecule has 29 heavy (non-hydrogen) atoms. The van der Waals surface area contributed by atoms with E-state index in [2.05, 4.69) is 20.9 Å². The Balaban J connectivity index is 0.00000300. The second kappa shape index (κ2) is 11.4. The maximum atomic E-state index is 12.3. The summed E-state index contributed by atoms with van der Waals surface area (Å²) in [6, 6.07) is 12.9. The first-order valence-corrected chi connectivity index (χ1v) is 9.39. The van der Waals surface area contributed by atoms with Crippen molar-refractivity contribution in [1.82, 2.24) is 16.0 Å². The molecule has 1 saturated heterocycles. The number of carbonyl (C=O) groups is 2. The Kier molecular flexibility index (Phi) is 8.97. The number of aliphatic imine (C=N–C) groups is 1. The zero-order chi connectivity index (χ0) is 19.8. The van der Waals surface area contributed by atoms with Crippen LogP contribution in [-0.2, 0) is 4.79 Å². The Labute approximate surface area is 187 Å². The smallest absolute Gasteiger partial charge is 0.287 e. The number of nitrogens with one attached hydrogen (secondary N) is 3. The fraction of sp³-hybridized carbons (Fsp3) is 0.350. The first-order valence-electron chi connectivity index (χ1n) is 9.39. The molecule has 3 N–H and O–H groups in total.